The van der Waals surface area contributed by atoms with Crippen LogP contribution < -0.4 is 14.8 Å². The molecule has 0 spiro atoms. The first-order valence-corrected chi connectivity index (χ1v) is 8.70. The Kier molecular flexibility index (Phi) is 5.66. The van der Waals surface area contributed by atoms with Crippen LogP contribution in [0.15, 0.2) is 48.5 Å². The largest absolute Gasteiger partial charge is 0.497 e. The van der Waals surface area contributed by atoms with Gasteiger partial charge in [-0.2, -0.15) is 5.10 Å². The van der Waals surface area contributed by atoms with Crippen molar-refractivity contribution in [3.05, 3.63) is 70.4 Å². The first-order chi connectivity index (χ1) is 13.0. The number of carbonyl (C=O) groups is 1. The number of benzene rings is 2. The van der Waals surface area contributed by atoms with Crippen LogP contribution in [0.2, 0.25) is 5.02 Å². The Morgan fingerprint density at radius 3 is 2.52 bits per heavy atom. The Labute approximate surface area is 162 Å². The number of methoxy groups -OCH3 is 2. The van der Waals surface area contributed by atoms with Gasteiger partial charge in [0, 0.05) is 22.8 Å². The Balaban J connectivity index is 1.76. The van der Waals surface area contributed by atoms with Crippen molar-refractivity contribution in [3.63, 3.8) is 0 Å². The van der Waals surface area contributed by atoms with Crippen molar-refractivity contribution in [1.29, 1.82) is 0 Å². The lowest BCUT2D eigenvalue weighted by molar-refractivity contribution is 0.102. The van der Waals surface area contributed by atoms with E-state index in [0.29, 0.717) is 34.4 Å². The van der Waals surface area contributed by atoms with Crippen molar-refractivity contribution in [3.8, 4) is 11.5 Å². The third kappa shape index (κ3) is 4.41. The minimum atomic E-state index is -0.300. The molecule has 0 aliphatic heterocycles. The van der Waals surface area contributed by atoms with Gasteiger partial charge in [0.15, 0.2) is 5.82 Å². The van der Waals surface area contributed by atoms with Crippen LogP contribution in [0.3, 0.4) is 0 Å². The molecule has 3 aromatic rings. The van der Waals surface area contributed by atoms with Crippen molar-refractivity contribution in [1.82, 2.24) is 9.78 Å². The number of hydrogen-bond donors (Lipinski definition) is 1. The Morgan fingerprint density at radius 2 is 1.85 bits per heavy atom. The second-order valence-corrected chi connectivity index (χ2v) is 6.41. The zero-order valence-electron chi connectivity index (χ0n) is 15.3. The molecule has 0 saturated heterocycles. The van der Waals surface area contributed by atoms with E-state index in [1.807, 2.05) is 41.9 Å². The van der Waals surface area contributed by atoms with Crippen LogP contribution in [0.25, 0.3) is 0 Å². The molecule has 0 unspecified atom stereocenters. The van der Waals surface area contributed by atoms with Gasteiger partial charge >= 0.3 is 0 Å². The maximum absolute atomic E-state index is 12.6. The van der Waals surface area contributed by atoms with E-state index in [9.17, 15) is 4.79 Å². The van der Waals surface area contributed by atoms with Gasteiger partial charge in [-0.05, 0) is 36.8 Å². The molecule has 0 bridgehead atoms. The van der Waals surface area contributed by atoms with Gasteiger partial charge in [-0.1, -0.05) is 23.7 Å². The summed E-state index contributed by atoms with van der Waals surface area (Å²) in [5.74, 6) is 1.23. The normalized spacial score (nSPS) is 10.5. The van der Waals surface area contributed by atoms with E-state index in [4.69, 9.17) is 21.1 Å². The SMILES string of the molecule is COc1ccc(C(=O)Nc2cc(C)n(Cc3ccc(Cl)cc3)n2)c(OC)c1. The molecule has 0 fully saturated rings. The molecule has 2 aromatic carbocycles. The van der Waals surface area contributed by atoms with E-state index >= 15 is 0 Å². The maximum atomic E-state index is 12.6. The number of rotatable bonds is 6. The third-order valence-corrected chi connectivity index (χ3v) is 4.37. The van der Waals surface area contributed by atoms with E-state index in [2.05, 4.69) is 10.4 Å². The molecule has 1 heterocycles. The standard InChI is InChI=1S/C20H20ClN3O3/c1-13-10-19(23-24(13)12-14-4-6-15(21)7-5-14)22-20(25)17-9-8-16(26-2)11-18(17)27-3/h4-11H,12H2,1-3H3,(H,22,23,25). The van der Waals surface area contributed by atoms with Gasteiger partial charge in [0.2, 0.25) is 0 Å². The number of aryl methyl sites for hydroxylation is 1. The molecule has 27 heavy (non-hydrogen) atoms. The van der Waals surface area contributed by atoms with E-state index in [1.54, 1.807) is 25.3 Å². The fourth-order valence-corrected chi connectivity index (χ4v) is 2.79. The summed E-state index contributed by atoms with van der Waals surface area (Å²) < 4.78 is 12.3. The minimum absolute atomic E-state index is 0.300. The number of anilines is 1. The van der Waals surface area contributed by atoms with Crippen LogP contribution in [0, 0.1) is 6.92 Å². The Bertz CT molecular complexity index is 952. The lowest BCUT2D eigenvalue weighted by Gasteiger charge is -2.09. The van der Waals surface area contributed by atoms with Crippen LogP contribution in [-0.2, 0) is 6.54 Å². The molecule has 0 saturated carbocycles. The van der Waals surface area contributed by atoms with Crippen LogP contribution in [-0.4, -0.2) is 29.9 Å². The van der Waals surface area contributed by atoms with Crippen molar-refractivity contribution in [2.75, 3.05) is 19.5 Å². The molecule has 0 radical (unpaired) electrons. The number of ether oxygens (including phenoxy) is 2. The molecular weight excluding hydrogens is 366 g/mol. The highest BCUT2D eigenvalue weighted by molar-refractivity contribution is 6.30. The number of halogens is 1. The van der Waals surface area contributed by atoms with Gasteiger partial charge in [0.05, 0.1) is 26.3 Å². The summed E-state index contributed by atoms with van der Waals surface area (Å²) in [5, 5.41) is 7.97. The second-order valence-electron chi connectivity index (χ2n) is 5.98. The lowest BCUT2D eigenvalue weighted by Crippen LogP contribution is -2.14. The van der Waals surface area contributed by atoms with E-state index in [-0.39, 0.29) is 5.91 Å². The number of hydrogen-bond acceptors (Lipinski definition) is 4. The first kappa shape index (κ1) is 18.8. The van der Waals surface area contributed by atoms with Crippen molar-refractivity contribution >= 4 is 23.3 Å². The summed E-state index contributed by atoms with van der Waals surface area (Å²) in [5.41, 5.74) is 2.41. The van der Waals surface area contributed by atoms with E-state index < -0.39 is 0 Å². The lowest BCUT2D eigenvalue weighted by atomic mass is 10.1. The smallest absolute Gasteiger partial charge is 0.260 e. The fourth-order valence-electron chi connectivity index (χ4n) is 2.66. The number of nitrogens with one attached hydrogen (secondary N) is 1. The quantitative estimate of drug-likeness (QED) is 0.691. The van der Waals surface area contributed by atoms with Crippen molar-refractivity contribution in [2.45, 2.75) is 13.5 Å². The molecule has 0 aliphatic rings. The third-order valence-electron chi connectivity index (χ3n) is 4.12. The molecule has 6 nitrogen and oxygen atoms in total. The van der Waals surface area contributed by atoms with Gasteiger partial charge in [-0.3, -0.25) is 9.48 Å². The number of amides is 1. The number of aromatic nitrogens is 2. The summed E-state index contributed by atoms with van der Waals surface area (Å²) in [6.45, 7) is 2.53. The summed E-state index contributed by atoms with van der Waals surface area (Å²) in [7, 11) is 3.07. The summed E-state index contributed by atoms with van der Waals surface area (Å²) in [4.78, 5) is 12.6. The predicted molar refractivity (Wildman–Crippen MR) is 105 cm³/mol. The number of carbonyl (C=O) groups excluding carboxylic acids is 1. The molecule has 1 N–H and O–H groups in total. The predicted octanol–water partition coefficient (Wildman–Crippen LogP) is 4.16. The van der Waals surface area contributed by atoms with Crippen molar-refractivity contribution in [2.24, 2.45) is 0 Å². The molecular formula is C20H20ClN3O3. The molecule has 3 rings (SSSR count). The van der Waals surface area contributed by atoms with Crippen molar-refractivity contribution < 1.29 is 14.3 Å². The van der Waals surface area contributed by atoms with Gasteiger partial charge in [-0.15, -0.1) is 0 Å². The summed E-state index contributed by atoms with van der Waals surface area (Å²) in [6, 6.07) is 14.4. The van der Waals surface area contributed by atoms with Gasteiger partial charge in [0.1, 0.15) is 11.5 Å². The summed E-state index contributed by atoms with van der Waals surface area (Å²) >= 11 is 5.92. The Morgan fingerprint density at radius 1 is 1.11 bits per heavy atom. The topological polar surface area (TPSA) is 65.4 Å². The van der Waals surface area contributed by atoms with Crippen LogP contribution in [0.4, 0.5) is 5.82 Å². The molecule has 140 valence electrons. The van der Waals surface area contributed by atoms with E-state index in [0.717, 1.165) is 11.3 Å². The minimum Gasteiger partial charge on any atom is -0.497 e. The van der Waals surface area contributed by atoms with E-state index in [1.165, 1.54) is 7.11 Å². The zero-order chi connectivity index (χ0) is 19.4. The molecule has 1 amide bonds. The summed E-state index contributed by atoms with van der Waals surface area (Å²) in [6.07, 6.45) is 0. The maximum Gasteiger partial charge on any atom is 0.260 e. The van der Waals surface area contributed by atoms with Gasteiger partial charge < -0.3 is 14.8 Å². The highest BCUT2D eigenvalue weighted by atomic mass is 35.5. The highest BCUT2D eigenvalue weighted by Crippen LogP contribution is 2.25. The average Bonchev–Trinajstić information content (AvgIpc) is 3.01. The van der Waals surface area contributed by atoms with Crippen LogP contribution in [0.1, 0.15) is 21.6 Å². The fraction of sp³-hybridized carbons (Fsp3) is 0.200. The average molecular weight is 386 g/mol. The Hall–Kier alpha value is -2.99. The van der Waals surface area contributed by atoms with Crippen LogP contribution in [0.5, 0.6) is 11.5 Å². The first-order valence-electron chi connectivity index (χ1n) is 8.32. The molecule has 0 aliphatic carbocycles. The molecule has 7 heteroatoms. The second kappa shape index (κ2) is 8.14. The van der Waals surface area contributed by atoms with Gasteiger partial charge in [0.25, 0.3) is 5.91 Å². The number of nitrogens with zero attached hydrogens (tertiary/aromatic N) is 2. The van der Waals surface area contributed by atoms with Gasteiger partial charge in [-0.25, -0.2) is 0 Å². The highest BCUT2D eigenvalue weighted by Gasteiger charge is 2.15. The monoisotopic (exact) mass is 385 g/mol. The molecule has 0 atom stereocenters. The zero-order valence-corrected chi connectivity index (χ0v) is 16.1. The molecule has 1 aromatic heterocycles. The van der Waals surface area contributed by atoms with Crippen LogP contribution >= 0.6 is 11.6 Å².